The van der Waals surface area contributed by atoms with Crippen molar-refractivity contribution in [1.29, 1.82) is 5.26 Å². The quantitative estimate of drug-likeness (QED) is 0.814. The van der Waals surface area contributed by atoms with E-state index in [4.69, 9.17) is 0 Å². The number of nitrogens with zero attached hydrogens (tertiary/aromatic N) is 2. The molecule has 3 nitrogen and oxygen atoms in total. The molecule has 1 rings (SSSR count). The van der Waals surface area contributed by atoms with Crippen molar-refractivity contribution in [1.82, 2.24) is 4.90 Å². The number of nitriles is 1. The molecule has 0 spiro atoms. The average molecular weight is 258 g/mol. The zero-order valence-electron chi connectivity index (χ0n) is 12.1. The monoisotopic (exact) mass is 258 g/mol. The zero-order valence-corrected chi connectivity index (χ0v) is 12.1. The van der Waals surface area contributed by atoms with Gasteiger partial charge in [0.15, 0.2) is 0 Å². The van der Waals surface area contributed by atoms with Crippen LogP contribution in [0, 0.1) is 17.2 Å². The van der Waals surface area contributed by atoms with Crippen molar-refractivity contribution >= 4 is 5.91 Å². The molecule has 0 radical (unpaired) electrons. The summed E-state index contributed by atoms with van der Waals surface area (Å²) in [4.78, 5) is 14.1. The van der Waals surface area contributed by atoms with Crippen LogP contribution in [0.1, 0.15) is 38.7 Å². The topological polar surface area (TPSA) is 44.1 Å². The first-order valence-electron chi connectivity index (χ1n) is 6.68. The number of hydrogen-bond donors (Lipinski definition) is 0. The number of carbonyl (C=O) groups is 1. The number of hydrogen-bond acceptors (Lipinski definition) is 2. The van der Waals surface area contributed by atoms with Crippen LogP contribution >= 0.6 is 0 Å². The molecule has 1 aromatic carbocycles. The second-order valence-corrected chi connectivity index (χ2v) is 5.40. The fourth-order valence-electron chi connectivity index (χ4n) is 2.18. The number of rotatable bonds is 5. The molecule has 0 fully saturated rings. The predicted molar refractivity (Wildman–Crippen MR) is 76.5 cm³/mol. The van der Waals surface area contributed by atoms with Gasteiger partial charge >= 0.3 is 0 Å². The van der Waals surface area contributed by atoms with Crippen LogP contribution < -0.4 is 0 Å². The molecule has 0 bridgehead atoms. The summed E-state index contributed by atoms with van der Waals surface area (Å²) in [5.74, 6) is -0.301. The van der Waals surface area contributed by atoms with E-state index < -0.39 is 5.92 Å². The van der Waals surface area contributed by atoms with Gasteiger partial charge in [0.1, 0.15) is 5.92 Å². The van der Waals surface area contributed by atoms with Crippen LogP contribution in [-0.2, 0) is 4.79 Å². The summed E-state index contributed by atoms with van der Waals surface area (Å²) in [6, 6.07) is 11.5. The van der Waals surface area contributed by atoms with Crippen LogP contribution in [0.4, 0.5) is 0 Å². The highest BCUT2D eigenvalue weighted by Gasteiger charge is 2.26. The molecular formula is C16H22N2O. The SMILES string of the molecule is CC(C)CC(C)N(C)C(=O)C(C#N)c1ccccc1. The Kier molecular flexibility index (Phi) is 5.57. The Morgan fingerprint density at radius 3 is 2.32 bits per heavy atom. The summed E-state index contributed by atoms with van der Waals surface area (Å²) in [5.41, 5.74) is 0.763. The van der Waals surface area contributed by atoms with Crippen molar-refractivity contribution in [3.05, 3.63) is 35.9 Å². The zero-order chi connectivity index (χ0) is 14.4. The smallest absolute Gasteiger partial charge is 0.244 e. The number of benzene rings is 1. The molecule has 1 aromatic rings. The van der Waals surface area contributed by atoms with Gasteiger partial charge in [-0.1, -0.05) is 44.2 Å². The number of amides is 1. The van der Waals surface area contributed by atoms with Gasteiger partial charge in [-0.25, -0.2) is 0 Å². The van der Waals surface area contributed by atoms with Crippen molar-refractivity contribution < 1.29 is 4.79 Å². The highest BCUT2D eigenvalue weighted by molar-refractivity contribution is 5.86. The summed E-state index contributed by atoms with van der Waals surface area (Å²) in [7, 11) is 1.78. The van der Waals surface area contributed by atoms with Crippen LogP contribution in [0.2, 0.25) is 0 Å². The Hall–Kier alpha value is -1.82. The number of likely N-dealkylation sites (N-methyl/N-ethyl adjacent to an activating group) is 1. The summed E-state index contributed by atoms with van der Waals surface area (Å²) in [5, 5.41) is 9.26. The van der Waals surface area contributed by atoms with E-state index in [9.17, 15) is 10.1 Å². The van der Waals surface area contributed by atoms with Gasteiger partial charge in [-0.15, -0.1) is 0 Å². The van der Waals surface area contributed by atoms with Gasteiger partial charge in [0, 0.05) is 13.1 Å². The highest BCUT2D eigenvalue weighted by atomic mass is 16.2. The van der Waals surface area contributed by atoms with E-state index in [1.807, 2.05) is 37.3 Å². The second kappa shape index (κ2) is 6.94. The molecule has 0 heterocycles. The maximum absolute atomic E-state index is 12.4. The lowest BCUT2D eigenvalue weighted by molar-refractivity contribution is -0.132. The molecule has 2 atom stereocenters. The van der Waals surface area contributed by atoms with Gasteiger partial charge in [0.2, 0.25) is 5.91 Å². The van der Waals surface area contributed by atoms with Crippen LogP contribution in [0.5, 0.6) is 0 Å². The van der Waals surface area contributed by atoms with Gasteiger partial charge in [-0.3, -0.25) is 4.79 Å². The van der Waals surface area contributed by atoms with Gasteiger partial charge in [-0.2, -0.15) is 5.26 Å². The predicted octanol–water partition coefficient (Wildman–Crippen LogP) is 3.19. The van der Waals surface area contributed by atoms with Crippen molar-refractivity contribution in [2.24, 2.45) is 5.92 Å². The summed E-state index contributed by atoms with van der Waals surface area (Å²) in [6.07, 6.45) is 0.940. The fraction of sp³-hybridized carbons (Fsp3) is 0.500. The largest absolute Gasteiger partial charge is 0.342 e. The lowest BCUT2D eigenvalue weighted by Crippen LogP contribution is -2.38. The third-order valence-corrected chi connectivity index (χ3v) is 3.33. The highest BCUT2D eigenvalue weighted by Crippen LogP contribution is 2.20. The molecule has 0 saturated carbocycles. The minimum absolute atomic E-state index is 0.123. The molecule has 0 aliphatic heterocycles. The van der Waals surface area contributed by atoms with E-state index in [0.717, 1.165) is 12.0 Å². The molecule has 19 heavy (non-hydrogen) atoms. The van der Waals surface area contributed by atoms with E-state index >= 15 is 0 Å². The van der Waals surface area contributed by atoms with Crippen molar-refractivity contribution in [2.75, 3.05) is 7.05 Å². The summed E-state index contributed by atoms with van der Waals surface area (Å²) in [6.45, 7) is 6.29. The molecule has 0 aliphatic rings. The van der Waals surface area contributed by atoms with Crippen LogP contribution in [0.25, 0.3) is 0 Å². The van der Waals surface area contributed by atoms with Crippen molar-refractivity contribution in [2.45, 2.75) is 39.2 Å². The third-order valence-electron chi connectivity index (χ3n) is 3.33. The number of carbonyl (C=O) groups excluding carboxylic acids is 1. The van der Waals surface area contributed by atoms with Gasteiger partial charge in [0.25, 0.3) is 0 Å². The Bertz CT molecular complexity index is 448. The minimum Gasteiger partial charge on any atom is -0.342 e. The van der Waals surface area contributed by atoms with Crippen LogP contribution in [0.15, 0.2) is 30.3 Å². The summed E-state index contributed by atoms with van der Waals surface area (Å²) < 4.78 is 0. The molecule has 1 amide bonds. The molecule has 0 aliphatic carbocycles. The molecule has 2 unspecified atom stereocenters. The van der Waals surface area contributed by atoms with E-state index in [2.05, 4.69) is 19.9 Å². The Morgan fingerprint density at radius 2 is 1.84 bits per heavy atom. The van der Waals surface area contributed by atoms with E-state index in [1.165, 1.54) is 0 Å². The van der Waals surface area contributed by atoms with E-state index in [1.54, 1.807) is 11.9 Å². The van der Waals surface area contributed by atoms with Crippen molar-refractivity contribution in [3.8, 4) is 6.07 Å². The average Bonchev–Trinajstić information content (AvgIpc) is 2.39. The lowest BCUT2D eigenvalue weighted by Gasteiger charge is -2.28. The molecule has 102 valence electrons. The van der Waals surface area contributed by atoms with E-state index in [-0.39, 0.29) is 11.9 Å². The molecule has 0 N–H and O–H groups in total. The first-order valence-corrected chi connectivity index (χ1v) is 6.68. The maximum Gasteiger partial charge on any atom is 0.244 e. The Morgan fingerprint density at radius 1 is 1.26 bits per heavy atom. The first-order chi connectivity index (χ1) is 8.97. The second-order valence-electron chi connectivity index (χ2n) is 5.40. The molecule has 0 aromatic heterocycles. The maximum atomic E-state index is 12.4. The third kappa shape index (κ3) is 4.10. The van der Waals surface area contributed by atoms with Gasteiger partial charge in [-0.05, 0) is 24.8 Å². The lowest BCUT2D eigenvalue weighted by atomic mass is 9.97. The van der Waals surface area contributed by atoms with Crippen LogP contribution in [0.3, 0.4) is 0 Å². The molecule has 0 saturated heterocycles. The minimum atomic E-state index is -0.708. The van der Waals surface area contributed by atoms with Gasteiger partial charge in [0.05, 0.1) is 6.07 Å². The van der Waals surface area contributed by atoms with Crippen molar-refractivity contribution in [3.63, 3.8) is 0 Å². The standard InChI is InChI=1S/C16H22N2O/c1-12(2)10-13(3)18(4)16(19)15(11-17)14-8-6-5-7-9-14/h5-9,12-13,15H,10H2,1-4H3. The van der Waals surface area contributed by atoms with E-state index in [0.29, 0.717) is 5.92 Å². The Balaban J connectivity index is 2.83. The van der Waals surface area contributed by atoms with Gasteiger partial charge < -0.3 is 4.90 Å². The molecular weight excluding hydrogens is 236 g/mol. The summed E-state index contributed by atoms with van der Waals surface area (Å²) >= 11 is 0. The first kappa shape index (κ1) is 15.2. The Labute approximate surface area is 115 Å². The van der Waals surface area contributed by atoms with Crippen LogP contribution in [-0.4, -0.2) is 23.9 Å². The normalized spacial score (nSPS) is 13.7. The fourth-order valence-corrected chi connectivity index (χ4v) is 2.18. The molecule has 3 heteroatoms.